The van der Waals surface area contributed by atoms with E-state index in [1.165, 1.54) is 23.3 Å². The third kappa shape index (κ3) is 4.19. The van der Waals surface area contributed by atoms with E-state index in [0.29, 0.717) is 10.8 Å². The lowest BCUT2D eigenvalue weighted by Crippen LogP contribution is -2.02. The lowest BCUT2D eigenvalue weighted by molar-refractivity contribution is 0.0684. The molecule has 0 aliphatic carbocycles. The third-order valence-electron chi connectivity index (χ3n) is 4.08. The zero-order valence-electron chi connectivity index (χ0n) is 14.7. The first-order valence-electron chi connectivity index (χ1n) is 8.36. The van der Waals surface area contributed by atoms with Crippen molar-refractivity contribution in [2.24, 2.45) is 0 Å². The van der Waals surface area contributed by atoms with E-state index < -0.39 is 11.9 Å². The molecule has 0 atom stereocenters. The molecular weight excluding hydrogens is 356 g/mol. The molecule has 138 valence electrons. The van der Waals surface area contributed by atoms with Gasteiger partial charge in [0.1, 0.15) is 0 Å². The Morgan fingerprint density at radius 1 is 0.571 bits per heavy atom. The van der Waals surface area contributed by atoms with E-state index in [1.807, 2.05) is 24.3 Å². The summed E-state index contributed by atoms with van der Waals surface area (Å²) < 4.78 is 0. The monoisotopic (exact) mass is 372 g/mol. The van der Waals surface area contributed by atoms with E-state index in [9.17, 15) is 9.59 Å². The average molecular weight is 372 g/mol. The fourth-order valence-corrected chi connectivity index (χ4v) is 2.76. The van der Waals surface area contributed by atoms with Crippen molar-refractivity contribution in [2.45, 2.75) is 0 Å². The molecule has 0 fully saturated rings. The lowest BCUT2D eigenvalue weighted by atomic mass is 10.00. The molecule has 0 aliphatic rings. The van der Waals surface area contributed by atoms with Crippen molar-refractivity contribution in [1.82, 2.24) is 9.97 Å². The molecule has 0 spiro atoms. The number of hydrogen-bond acceptors (Lipinski definition) is 4. The van der Waals surface area contributed by atoms with Crippen LogP contribution in [-0.2, 0) is 0 Å². The van der Waals surface area contributed by atoms with Gasteiger partial charge in [0.15, 0.2) is 0 Å². The van der Waals surface area contributed by atoms with Gasteiger partial charge in [-0.15, -0.1) is 0 Å². The van der Waals surface area contributed by atoms with Crippen LogP contribution in [-0.4, -0.2) is 32.1 Å². The number of carboxylic acids is 2. The molecule has 2 N–H and O–H groups in total. The Morgan fingerprint density at radius 2 is 0.929 bits per heavy atom. The van der Waals surface area contributed by atoms with Crippen molar-refractivity contribution in [1.29, 1.82) is 0 Å². The fraction of sp³-hybridized carbons (Fsp3) is 0. The summed E-state index contributed by atoms with van der Waals surface area (Å²) in [5.74, 6) is -2.12. The van der Waals surface area contributed by atoms with Crippen molar-refractivity contribution < 1.29 is 19.8 Å². The van der Waals surface area contributed by atoms with Gasteiger partial charge in [0.25, 0.3) is 0 Å². The average Bonchev–Trinajstić information content (AvgIpc) is 2.74. The molecule has 4 aromatic rings. The Labute approximate surface area is 160 Å². The van der Waals surface area contributed by atoms with Gasteiger partial charge in [-0.05, 0) is 58.3 Å². The Balaban J connectivity index is 0.000000167. The van der Waals surface area contributed by atoms with Gasteiger partial charge in [0.05, 0.1) is 11.1 Å². The zero-order chi connectivity index (χ0) is 19.9. The van der Waals surface area contributed by atoms with E-state index >= 15 is 0 Å². The smallest absolute Gasteiger partial charge is 0.336 e. The number of carboxylic acid groups (broad SMARTS) is 2. The quantitative estimate of drug-likeness (QED) is 0.553. The van der Waals surface area contributed by atoms with E-state index in [0.717, 1.165) is 0 Å². The van der Waals surface area contributed by atoms with Crippen LogP contribution in [0.25, 0.3) is 21.9 Å². The second-order valence-corrected chi connectivity index (χ2v) is 5.79. The molecule has 2 aromatic carbocycles. The van der Waals surface area contributed by atoms with Crippen molar-refractivity contribution in [3.05, 3.63) is 96.6 Å². The third-order valence-corrected chi connectivity index (χ3v) is 4.08. The molecule has 2 aromatic heterocycles. The number of fused-ring (bicyclic) bond motifs is 1. The number of aromatic nitrogens is 2. The van der Waals surface area contributed by atoms with Crippen LogP contribution in [0.3, 0.4) is 0 Å². The maximum atomic E-state index is 10.9. The molecule has 0 aliphatic heterocycles. The molecule has 28 heavy (non-hydrogen) atoms. The van der Waals surface area contributed by atoms with Crippen molar-refractivity contribution in [2.75, 3.05) is 0 Å². The fourth-order valence-electron chi connectivity index (χ4n) is 2.76. The summed E-state index contributed by atoms with van der Waals surface area (Å²) in [6.45, 7) is 0. The summed E-state index contributed by atoms with van der Waals surface area (Å²) in [5.41, 5.74) is 2.57. The van der Waals surface area contributed by atoms with E-state index in [-0.39, 0.29) is 11.1 Å². The van der Waals surface area contributed by atoms with Crippen molar-refractivity contribution >= 4 is 22.7 Å². The van der Waals surface area contributed by atoms with Crippen LogP contribution in [0.4, 0.5) is 0 Å². The zero-order valence-corrected chi connectivity index (χ0v) is 14.7. The molecule has 6 heteroatoms. The second kappa shape index (κ2) is 8.55. The van der Waals surface area contributed by atoms with E-state index in [2.05, 4.69) is 9.97 Å². The van der Waals surface area contributed by atoms with Crippen LogP contribution in [0, 0.1) is 0 Å². The number of aromatic carboxylic acids is 2. The normalized spacial score (nSPS) is 10.0. The van der Waals surface area contributed by atoms with Crippen LogP contribution in [0.1, 0.15) is 20.7 Å². The van der Waals surface area contributed by atoms with Gasteiger partial charge in [-0.1, -0.05) is 24.3 Å². The van der Waals surface area contributed by atoms with Gasteiger partial charge < -0.3 is 10.2 Å². The minimum atomic E-state index is -1.06. The summed E-state index contributed by atoms with van der Waals surface area (Å²) in [6.07, 6.45) is 7.15. The molecule has 0 bridgehead atoms. The highest BCUT2D eigenvalue weighted by Crippen LogP contribution is 2.23. The van der Waals surface area contributed by atoms with Crippen molar-refractivity contribution in [3.63, 3.8) is 0 Å². The maximum Gasteiger partial charge on any atom is 0.336 e. The Kier molecular flexibility index (Phi) is 5.72. The Hall–Kier alpha value is -4.06. The highest BCUT2D eigenvalue weighted by molar-refractivity contribution is 6.10. The summed E-state index contributed by atoms with van der Waals surface area (Å²) >= 11 is 0. The molecule has 0 saturated heterocycles. The topological polar surface area (TPSA) is 100 Å². The number of nitrogens with zero attached hydrogens (tertiary/aromatic N) is 2. The van der Waals surface area contributed by atoms with Crippen molar-refractivity contribution in [3.8, 4) is 11.1 Å². The van der Waals surface area contributed by atoms with Crippen LogP contribution >= 0.6 is 0 Å². The minimum absolute atomic E-state index is 0.112. The minimum Gasteiger partial charge on any atom is -0.478 e. The largest absolute Gasteiger partial charge is 0.478 e. The molecule has 0 saturated carbocycles. The predicted octanol–water partition coefficient (Wildman–Crippen LogP) is 4.38. The summed E-state index contributed by atoms with van der Waals surface area (Å²) in [7, 11) is 0. The van der Waals surface area contributed by atoms with E-state index in [1.54, 1.807) is 49.1 Å². The predicted molar refractivity (Wildman–Crippen MR) is 105 cm³/mol. The standard InChI is InChI=1S/C12H8O4.C10H8N2/c13-11(14)9-5-6-10(12(15)16)8-4-2-1-3-7(8)9;1-5-11-6-2-9(1)10-3-7-12-8-4-10/h1-6H,(H,13,14)(H,15,16);1-8H. The number of benzene rings is 2. The van der Waals surface area contributed by atoms with Gasteiger partial charge in [-0.3, -0.25) is 9.97 Å². The van der Waals surface area contributed by atoms with Gasteiger partial charge in [0.2, 0.25) is 0 Å². The van der Waals surface area contributed by atoms with Gasteiger partial charge in [-0.25, -0.2) is 9.59 Å². The number of carbonyl (C=O) groups is 2. The maximum absolute atomic E-state index is 10.9. The Morgan fingerprint density at radius 3 is 1.25 bits per heavy atom. The number of hydrogen-bond donors (Lipinski definition) is 2. The first-order valence-corrected chi connectivity index (χ1v) is 8.36. The molecule has 0 unspecified atom stereocenters. The number of rotatable bonds is 3. The molecule has 2 heterocycles. The lowest BCUT2D eigenvalue weighted by Gasteiger charge is -2.05. The highest BCUT2D eigenvalue weighted by Gasteiger charge is 2.13. The SMILES string of the molecule is O=C(O)c1ccc(C(=O)O)c2ccccc12.c1cc(-c2ccncc2)ccn1. The van der Waals surface area contributed by atoms with Crippen LogP contribution in [0.5, 0.6) is 0 Å². The van der Waals surface area contributed by atoms with Crippen LogP contribution < -0.4 is 0 Å². The number of pyridine rings is 2. The molecule has 0 amide bonds. The summed E-state index contributed by atoms with van der Waals surface area (Å²) in [4.78, 5) is 29.8. The van der Waals surface area contributed by atoms with Crippen LogP contribution in [0.15, 0.2) is 85.5 Å². The Bertz CT molecular complexity index is 1020. The van der Waals surface area contributed by atoms with Gasteiger partial charge in [-0.2, -0.15) is 0 Å². The van der Waals surface area contributed by atoms with Gasteiger partial charge >= 0.3 is 11.9 Å². The first kappa shape index (κ1) is 18.7. The summed E-state index contributed by atoms with van der Waals surface area (Å²) in [6, 6.07) is 17.1. The molecule has 4 rings (SSSR count). The van der Waals surface area contributed by atoms with E-state index in [4.69, 9.17) is 10.2 Å². The summed E-state index contributed by atoms with van der Waals surface area (Å²) in [5, 5.41) is 18.8. The highest BCUT2D eigenvalue weighted by atomic mass is 16.4. The molecular formula is C22H16N2O4. The molecule has 6 nitrogen and oxygen atoms in total. The second-order valence-electron chi connectivity index (χ2n) is 5.79. The first-order chi connectivity index (χ1) is 13.6. The van der Waals surface area contributed by atoms with Gasteiger partial charge in [0, 0.05) is 24.8 Å². The molecule has 0 radical (unpaired) electrons. The van der Waals surface area contributed by atoms with Crippen LogP contribution in [0.2, 0.25) is 0 Å².